The van der Waals surface area contributed by atoms with E-state index in [4.69, 9.17) is 0 Å². The molecular weight excluding hydrogens is 186 g/mol. The van der Waals surface area contributed by atoms with Crippen molar-refractivity contribution in [3.63, 3.8) is 0 Å². The van der Waals surface area contributed by atoms with Gasteiger partial charge in [-0.1, -0.05) is 45.2 Å². The van der Waals surface area contributed by atoms with Crippen LogP contribution in [0.1, 0.15) is 57.8 Å². The fourth-order valence-electron chi connectivity index (χ4n) is 1.80. The second-order valence-electron chi connectivity index (χ2n) is 4.06. The minimum Gasteiger partial charge on any atom is -0.249 e. The molecule has 0 aliphatic heterocycles. The molecule has 1 aromatic rings. The maximum Gasteiger partial charge on any atom is 0.0859 e. The van der Waals surface area contributed by atoms with Crippen LogP contribution in [0.4, 0.5) is 0 Å². The van der Waals surface area contributed by atoms with Crippen LogP contribution in [-0.2, 0) is 19.4 Å². The predicted molar refractivity (Wildman–Crippen MR) is 62.9 cm³/mol. The molecule has 0 aliphatic rings. The van der Waals surface area contributed by atoms with Gasteiger partial charge in [0.15, 0.2) is 0 Å². The van der Waals surface area contributed by atoms with E-state index in [0.717, 1.165) is 25.8 Å². The lowest BCUT2D eigenvalue weighted by atomic mass is 10.1. The van der Waals surface area contributed by atoms with Gasteiger partial charge in [-0.2, -0.15) is 0 Å². The van der Waals surface area contributed by atoms with Gasteiger partial charge in [0.05, 0.1) is 11.4 Å². The number of aromatic nitrogens is 3. The van der Waals surface area contributed by atoms with Crippen LogP contribution in [-0.4, -0.2) is 15.0 Å². The number of hydrogen-bond donors (Lipinski definition) is 0. The van der Waals surface area contributed by atoms with E-state index in [1.54, 1.807) is 0 Å². The molecule has 1 rings (SSSR count). The van der Waals surface area contributed by atoms with Crippen LogP contribution in [0.5, 0.6) is 0 Å². The molecule has 1 aromatic heterocycles. The summed E-state index contributed by atoms with van der Waals surface area (Å²) in [7, 11) is 0. The molecule has 0 saturated carbocycles. The van der Waals surface area contributed by atoms with E-state index < -0.39 is 0 Å². The monoisotopic (exact) mass is 209 g/mol. The van der Waals surface area contributed by atoms with Gasteiger partial charge in [-0.25, -0.2) is 4.68 Å². The van der Waals surface area contributed by atoms with Gasteiger partial charge in [0.25, 0.3) is 0 Å². The molecule has 0 bridgehead atoms. The topological polar surface area (TPSA) is 30.7 Å². The highest BCUT2D eigenvalue weighted by Gasteiger charge is 2.10. The second kappa shape index (κ2) is 6.59. The van der Waals surface area contributed by atoms with Crippen molar-refractivity contribution in [2.75, 3.05) is 0 Å². The molecule has 0 radical (unpaired) electrons. The van der Waals surface area contributed by atoms with Gasteiger partial charge in [-0.05, 0) is 19.3 Å². The summed E-state index contributed by atoms with van der Waals surface area (Å²) in [5.74, 6) is 0. The number of nitrogens with zero attached hydrogens (tertiary/aromatic N) is 3. The molecule has 1 heterocycles. The SMILES string of the molecule is CCCCn1nnc(CCC)c1CCC. The first-order valence-corrected chi connectivity index (χ1v) is 6.24. The Balaban J connectivity index is 2.75. The number of aryl methyl sites for hydroxylation is 2. The molecule has 0 atom stereocenters. The minimum absolute atomic E-state index is 1.03. The third kappa shape index (κ3) is 3.33. The van der Waals surface area contributed by atoms with E-state index in [-0.39, 0.29) is 0 Å². The van der Waals surface area contributed by atoms with Gasteiger partial charge in [0.1, 0.15) is 0 Å². The lowest BCUT2D eigenvalue weighted by molar-refractivity contribution is 0.530. The summed E-state index contributed by atoms with van der Waals surface area (Å²) in [5, 5.41) is 8.55. The lowest BCUT2D eigenvalue weighted by Crippen LogP contribution is -2.06. The van der Waals surface area contributed by atoms with Gasteiger partial charge in [0.2, 0.25) is 0 Å². The van der Waals surface area contributed by atoms with E-state index >= 15 is 0 Å². The smallest absolute Gasteiger partial charge is 0.0859 e. The van der Waals surface area contributed by atoms with Gasteiger partial charge in [-0.3, -0.25) is 0 Å². The van der Waals surface area contributed by atoms with E-state index in [1.165, 1.54) is 30.7 Å². The summed E-state index contributed by atoms with van der Waals surface area (Å²) in [6.45, 7) is 7.65. The minimum atomic E-state index is 1.03. The van der Waals surface area contributed by atoms with Crippen molar-refractivity contribution >= 4 is 0 Å². The van der Waals surface area contributed by atoms with Gasteiger partial charge in [0, 0.05) is 6.54 Å². The largest absolute Gasteiger partial charge is 0.249 e. The predicted octanol–water partition coefficient (Wildman–Crippen LogP) is 2.98. The van der Waals surface area contributed by atoms with E-state index in [9.17, 15) is 0 Å². The molecule has 3 heteroatoms. The van der Waals surface area contributed by atoms with E-state index in [1.807, 2.05) is 0 Å². The Kier molecular flexibility index (Phi) is 5.37. The van der Waals surface area contributed by atoms with Crippen molar-refractivity contribution in [1.82, 2.24) is 15.0 Å². The fraction of sp³-hybridized carbons (Fsp3) is 0.833. The maximum absolute atomic E-state index is 4.29. The maximum atomic E-state index is 4.29. The molecule has 0 fully saturated rings. The summed E-state index contributed by atoms with van der Waals surface area (Å²) in [4.78, 5) is 0. The third-order valence-corrected chi connectivity index (χ3v) is 2.62. The number of hydrogen-bond acceptors (Lipinski definition) is 2. The molecule has 86 valence electrons. The average Bonchev–Trinajstić information content (AvgIpc) is 2.60. The normalized spacial score (nSPS) is 10.9. The molecule has 3 nitrogen and oxygen atoms in total. The Hall–Kier alpha value is -0.860. The standard InChI is InChI=1S/C12H23N3/c1-4-7-10-15-12(9-6-3)11(8-5-2)13-14-15/h4-10H2,1-3H3. The first-order chi connectivity index (χ1) is 7.33. The Bertz CT molecular complexity index is 278. The highest BCUT2D eigenvalue weighted by Crippen LogP contribution is 2.11. The van der Waals surface area contributed by atoms with Crippen LogP contribution in [0.3, 0.4) is 0 Å². The zero-order valence-electron chi connectivity index (χ0n) is 10.3. The first-order valence-electron chi connectivity index (χ1n) is 6.24. The number of rotatable bonds is 7. The molecule has 0 unspecified atom stereocenters. The van der Waals surface area contributed by atoms with Crippen molar-refractivity contribution in [2.24, 2.45) is 0 Å². The molecule has 15 heavy (non-hydrogen) atoms. The fourth-order valence-corrected chi connectivity index (χ4v) is 1.80. The highest BCUT2D eigenvalue weighted by atomic mass is 15.4. The number of unbranched alkanes of at least 4 members (excludes halogenated alkanes) is 1. The van der Waals surface area contributed by atoms with Crippen LogP contribution < -0.4 is 0 Å². The average molecular weight is 209 g/mol. The Morgan fingerprint density at radius 2 is 1.73 bits per heavy atom. The first kappa shape index (κ1) is 12.2. The van der Waals surface area contributed by atoms with Gasteiger partial charge in [-0.15, -0.1) is 5.10 Å². The van der Waals surface area contributed by atoms with E-state index in [2.05, 4.69) is 35.8 Å². The van der Waals surface area contributed by atoms with Crippen molar-refractivity contribution in [3.8, 4) is 0 Å². The van der Waals surface area contributed by atoms with Crippen LogP contribution in [0.15, 0.2) is 0 Å². The van der Waals surface area contributed by atoms with Gasteiger partial charge < -0.3 is 0 Å². The van der Waals surface area contributed by atoms with E-state index in [0.29, 0.717) is 0 Å². The third-order valence-electron chi connectivity index (χ3n) is 2.62. The van der Waals surface area contributed by atoms with Crippen LogP contribution in [0, 0.1) is 0 Å². The Morgan fingerprint density at radius 1 is 1.00 bits per heavy atom. The van der Waals surface area contributed by atoms with Crippen LogP contribution >= 0.6 is 0 Å². The summed E-state index contributed by atoms with van der Waals surface area (Å²) in [6.07, 6.45) is 6.94. The van der Waals surface area contributed by atoms with Crippen molar-refractivity contribution in [1.29, 1.82) is 0 Å². The molecule has 0 N–H and O–H groups in total. The van der Waals surface area contributed by atoms with Crippen LogP contribution in [0.2, 0.25) is 0 Å². The summed E-state index contributed by atoms with van der Waals surface area (Å²) < 4.78 is 2.11. The molecule has 0 spiro atoms. The molecule has 0 saturated heterocycles. The van der Waals surface area contributed by atoms with Crippen molar-refractivity contribution in [2.45, 2.75) is 65.8 Å². The zero-order valence-corrected chi connectivity index (χ0v) is 10.3. The van der Waals surface area contributed by atoms with Gasteiger partial charge >= 0.3 is 0 Å². The Morgan fingerprint density at radius 3 is 2.33 bits per heavy atom. The Labute approximate surface area is 92.9 Å². The highest BCUT2D eigenvalue weighted by molar-refractivity contribution is 5.10. The van der Waals surface area contributed by atoms with Crippen LogP contribution in [0.25, 0.3) is 0 Å². The van der Waals surface area contributed by atoms with Crippen molar-refractivity contribution in [3.05, 3.63) is 11.4 Å². The summed E-state index contributed by atoms with van der Waals surface area (Å²) >= 11 is 0. The molecule has 0 amide bonds. The lowest BCUT2D eigenvalue weighted by Gasteiger charge is -2.05. The summed E-state index contributed by atoms with van der Waals surface area (Å²) in [5.41, 5.74) is 2.59. The van der Waals surface area contributed by atoms with Crippen molar-refractivity contribution < 1.29 is 0 Å². The molecule has 0 aliphatic carbocycles. The molecular formula is C12H23N3. The zero-order chi connectivity index (χ0) is 11.1. The second-order valence-corrected chi connectivity index (χ2v) is 4.06. The quantitative estimate of drug-likeness (QED) is 0.691. The molecule has 0 aromatic carbocycles. The summed E-state index contributed by atoms with van der Waals surface area (Å²) in [6, 6.07) is 0.